The van der Waals surface area contributed by atoms with E-state index in [-0.39, 0.29) is 31.1 Å². The molecule has 0 bridgehead atoms. The summed E-state index contributed by atoms with van der Waals surface area (Å²) < 4.78 is 32.1. The van der Waals surface area contributed by atoms with Crippen molar-refractivity contribution in [2.45, 2.75) is 44.3 Å². The van der Waals surface area contributed by atoms with E-state index >= 15 is 0 Å². The van der Waals surface area contributed by atoms with E-state index in [9.17, 15) is 9.36 Å². The standard InChI is InChI=1S/C26H30N7O5P/c1-3-13-36-25(34)17(2)32-39(35,38-21-7-5-4-6-8-21)37-15-18-9-12-20(14-18)33-16-28-22-23(29-19-10-11-19)30-26(27)31-24(22)33/h1,4-9,12,16-20H,10-11,13-15H2,2H3,(H,32,35)(H3,27,29,30,31)/t17-,18+,20-,39-/m0/s1. The normalized spacial score (nSPS) is 20.7. The molecule has 4 N–H and O–H groups in total. The van der Waals surface area contributed by atoms with Crippen LogP contribution in [0.3, 0.4) is 0 Å². The van der Waals surface area contributed by atoms with Crippen LogP contribution in [-0.2, 0) is 18.6 Å². The number of nitrogens with zero attached hydrogens (tertiary/aromatic N) is 4. The van der Waals surface area contributed by atoms with E-state index < -0.39 is 19.8 Å². The number of para-hydroxylation sites is 1. The van der Waals surface area contributed by atoms with Crippen LogP contribution in [0, 0.1) is 18.3 Å². The first-order chi connectivity index (χ1) is 18.8. The van der Waals surface area contributed by atoms with Crippen LogP contribution in [0.4, 0.5) is 11.8 Å². The molecule has 0 aliphatic heterocycles. The second kappa shape index (κ2) is 11.5. The smallest absolute Gasteiger partial charge is 0.451 e. The van der Waals surface area contributed by atoms with Crippen molar-refractivity contribution < 1.29 is 23.1 Å². The number of anilines is 2. The average Bonchev–Trinajstić information content (AvgIpc) is 3.43. The lowest BCUT2D eigenvalue weighted by Gasteiger charge is -2.24. The van der Waals surface area contributed by atoms with Gasteiger partial charge in [-0.1, -0.05) is 36.3 Å². The minimum atomic E-state index is -3.98. The van der Waals surface area contributed by atoms with Crippen molar-refractivity contribution in [2.24, 2.45) is 5.92 Å². The van der Waals surface area contributed by atoms with Crippen molar-refractivity contribution in [3.8, 4) is 18.1 Å². The molecule has 1 fully saturated rings. The van der Waals surface area contributed by atoms with Gasteiger partial charge in [-0.3, -0.25) is 9.32 Å². The molecular weight excluding hydrogens is 521 g/mol. The summed E-state index contributed by atoms with van der Waals surface area (Å²) in [5, 5.41) is 6.03. The van der Waals surface area contributed by atoms with Gasteiger partial charge in [-0.2, -0.15) is 15.1 Å². The predicted molar refractivity (Wildman–Crippen MR) is 146 cm³/mol. The Morgan fingerprint density at radius 1 is 1.28 bits per heavy atom. The number of fused-ring (bicyclic) bond motifs is 1. The summed E-state index contributed by atoms with van der Waals surface area (Å²) in [5.41, 5.74) is 7.29. The first-order valence-corrected chi connectivity index (χ1v) is 14.2. The van der Waals surface area contributed by atoms with E-state index in [2.05, 4.69) is 31.3 Å². The molecule has 2 aromatic heterocycles. The fourth-order valence-corrected chi connectivity index (χ4v) is 5.76. The Morgan fingerprint density at radius 3 is 2.82 bits per heavy atom. The van der Waals surface area contributed by atoms with Crippen LogP contribution in [0.15, 0.2) is 48.8 Å². The first kappa shape index (κ1) is 26.7. The Kier molecular flexibility index (Phi) is 7.84. The number of carbonyl (C=O) groups excluding carboxylic acids is 1. The number of allylic oxidation sites excluding steroid dienone is 1. The lowest BCUT2D eigenvalue weighted by Crippen LogP contribution is -2.35. The number of nitrogens with one attached hydrogen (secondary N) is 2. The number of ether oxygens (including phenoxy) is 1. The highest BCUT2D eigenvalue weighted by Crippen LogP contribution is 2.46. The van der Waals surface area contributed by atoms with Crippen molar-refractivity contribution in [1.82, 2.24) is 24.6 Å². The van der Waals surface area contributed by atoms with Gasteiger partial charge in [0.1, 0.15) is 11.8 Å². The quantitative estimate of drug-likeness (QED) is 0.131. The highest BCUT2D eigenvalue weighted by Gasteiger charge is 2.34. The zero-order valence-corrected chi connectivity index (χ0v) is 22.3. The Labute approximate surface area is 225 Å². The number of benzene rings is 1. The maximum atomic E-state index is 13.7. The van der Waals surface area contributed by atoms with Crippen LogP contribution in [-0.4, -0.2) is 50.8 Å². The molecule has 3 aromatic rings. The van der Waals surface area contributed by atoms with Gasteiger partial charge in [-0.25, -0.2) is 9.55 Å². The number of terminal acetylenes is 1. The number of carbonyl (C=O) groups is 1. The van der Waals surface area contributed by atoms with E-state index in [4.69, 9.17) is 25.9 Å². The molecule has 2 heterocycles. The molecule has 5 rings (SSSR count). The monoisotopic (exact) mass is 551 g/mol. The Balaban J connectivity index is 1.26. The highest BCUT2D eigenvalue weighted by molar-refractivity contribution is 7.52. The molecule has 2 aliphatic rings. The summed E-state index contributed by atoms with van der Waals surface area (Å²) in [7, 11) is -3.98. The van der Waals surface area contributed by atoms with E-state index in [0.29, 0.717) is 35.2 Å². The van der Waals surface area contributed by atoms with Crippen molar-refractivity contribution in [3.05, 3.63) is 48.8 Å². The molecule has 0 unspecified atom stereocenters. The number of hydrogen-bond acceptors (Lipinski definition) is 10. The van der Waals surface area contributed by atoms with Crippen LogP contribution in [0.1, 0.15) is 32.2 Å². The van der Waals surface area contributed by atoms with Gasteiger partial charge in [-0.05, 0) is 38.3 Å². The molecule has 204 valence electrons. The molecule has 2 aliphatic carbocycles. The number of nitrogens with two attached hydrogens (primary N) is 1. The third-order valence-corrected chi connectivity index (χ3v) is 7.94. The number of aromatic nitrogens is 4. The molecule has 4 atom stereocenters. The van der Waals surface area contributed by atoms with Gasteiger partial charge < -0.3 is 24.9 Å². The third-order valence-electron chi connectivity index (χ3n) is 6.29. The minimum absolute atomic E-state index is 0.0632. The number of imidazole rings is 1. The summed E-state index contributed by atoms with van der Waals surface area (Å²) in [6.07, 6.45) is 13.7. The number of nitrogen functional groups attached to an aromatic ring is 1. The van der Waals surface area contributed by atoms with Gasteiger partial charge in [0.25, 0.3) is 0 Å². The molecule has 1 aromatic carbocycles. The zero-order chi connectivity index (χ0) is 27.4. The van der Waals surface area contributed by atoms with Crippen LogP contribution in [0.25, 0.3) is 11.2 Å². The summed E-state index contributed by atoms with van der Waals surface area (Å²) in [6.45, 7) is 1.38. The fraction of sp³-hybridized carbons (Fsp3) is 0.385. The number of hydrogen-bond donors (Lipinski definition) is 3. The van der Waals surface area contributed by atoms with Crippen LogP contribution < -0.4 is 20.7 Å². The second-order valence-electron chi connectivity index (χ2n) is 9.48. The van der Waals surface area contributed by atoms with Gasteiger partial charge in [0.05, 0.1) is 19.0 Å². The van der Waals surface area contributed by atoms with Gasteiger partial charge in [0, 0.05) is 12.0 Å². The number of esters is 1. The molecule has 0 saturated heterocycles. The summed E-state index contributed by atoms with van der Waals surface area (Å²) in [6, 6.07) is 7.93. The molecule has 0 radical (unpaired) electrons. The lowest BCUT2D eigenvalue weighted by molar-refractivity contribution is -0.143. The third kappa shape index (κ3) is 6.57. The van der Waals surface area contributed by atoms with Gasteiger partial charge in [0.15, 0.2) is 23.6 Å². The second-order valence-corrected chi connectivity index (χ2v) is 11.2. The lowest BCUT2D eigenvalue weighted by atomic mass is 10.1. The Morgan fingerprint density at radius 2 is 2.08 bits per heavy atom. The molecule has 1 saturated carbocycles. The summed E-state index contributed by atoms with van der Waals surface area (Å²) in [5.74, 6) is 2.61. The molecule has 0 amide bonds. The van der Waals surface area contributed by atoms with Crippen molar-refractivity contribution >= 4 is 36.6 Å². The first-order valence-electron chi connectivity index (χ1n) is 12.7. The Bertz CT molecular complexity index is 1450. The molecule has 39 heavy (non-hydrogen) atoms. The molecule has 13 heteroatoms. The summed E-state index contributed by atoms with van der Waals surface area (Å²) in [4.78, 5) is 25.5. The number of rotatable bonds is 12. The Hall–Kier alpha value is -3.91. The largest absolute Gasteiger partial charge is 0.459 e. The minimum Gasteiger partial charge on any atom is -0.451 e. The zero-order valence-electron chi connectivity index (χ0n) is 21.4. The van der Waals surface area contributed by atoms with Crippen molar-refractivity contribution in [1.29, 1.82) is 0 Å². The van der Waals surface area contributed by atoms with Crippen LogP contribution in [0.2, 0.25) is 0 Å². The maximum absolute atomic E-state index is 13.7. The van der Waals surface area contributed by atoms with Gasteiger partial charge in [0.2, 0.25) is 5.95 Å². The average molecular weight is 552 g/mol. The maximum Gasteiger partial charge on any atom is 0.459 e. The molecular formula is C26H30N7O5P. The molecule has 12 nitrogen and oxygen atoms in total. The van der Waals surface area contributed by atoms with Crippen molar-refractivity contribution in [3.63, 3.8) is 0 Å². The van der Waals surface area contributed by atoms with Gasteiger partial charge in [-0.15, -0.1) is 6.42 Å². The highest BCUT2D eigenvalue weighted by atomic mass is 31.2. The molecule has 0 spiro atoms. The topological polar surface area (TPSA) is 156 Å². The van der Waals surface area contributed by atoms with E-state index in [1.54, 1.807) is 36.7 Å². The SMILES string of the molecule is C#CCOC(=O)[C@H](C)N[P@](=O)(OC[C@@H]1C=C[C@H](n2cnc3c(NC4CC4)nc(N)nc32)C1)Oc1ccccc1. The van der Waals surface area contributed by atoms with E-state index in [1.165, 1.54) is 6.92 Å². The van der Waals surface area contributed by atoms with E-state index in [0.717, 1.165) is 12.8 Å². The predicted octanol–water partition coefficient (Wildman–Crippen LogP) is 3.46. The van der Waals surface area contributed by atoms with Crippen LogP contribution in [0.5, 0.6) is 5.75 Å². The van der Waals surface area contributed by atoms with Crippen LogP contribution >= 0.6 is 7.75 Å². The fourth-order valence-electron chi connectivity index (χ4n) is 4.21. The summed E-state index contributed by atoms with van der Waals surface area (Å²) >= 11 is 0. The van der Waals surface area contributed by atoms with E-state index in [1.807, 2.05) is 16.7 Å². The van der Waals surface area contributed by atoms with Crippen molar-refractivity contribution in [2.75, 3.05) is 24.3 Å². The van der Waals surface area contributed by atoms with Gasteiger partial charge >= 0.3 is 13.7 Å².